The summed E-state index contributed by atoms with van der Waals surface area (Å²) < 4.78 is 39.2. The Hall–Kier alpha value is -2.01. The molecule has 3 N–H and O–H groups in total. The molecule has 1 heterocycles. The van der Waals surface area contributed by atoms with Gasteiger partial charge in [-0.25, -0.2) is 4.98 Å². The largest absolute Gasteiger partial charge is 0.574 e. The summed E-state index contributed by atoms with van der Waals surface area (Å²) in [6.07, 6.45) is -4.94. The predicted molar refractivity (Wildman–Crippen MR) is 46.0 cm³/mol. The second-order valence-corrected chi connectivity index (χ2v) is 2.71. The number of hydrogen-bond acceptors (Lipinski definition) is 5. The van der Waals surface area contributed by atoms with Crippen LogP contribution in [0.15, 0.2) is 6.07 Å². The third-order valence-corrected chi connectivity index (χ3v) is 1.58. The summed E-state index contributed by atoms with van der Waals surface area (Å²) in [6, 6.07) is 2.53. The zero-order chi connectivity index (χ0) is 12.3. The van der Waals surface area contributed by atoms with Crippen molar-refractivity contribution in [2.75, 3.05) is 5.73 Å². The lowest BCUT2D eigenvalue weighted by Crippen LogP contribution is -2.19. The number of pyridine rings is 1. The maximum atomic E-state index is 11.9. The van der Waals surface area contributed by atoms with Crippen LogP contribution < -0.4 is 10.5 Å². The Morgan fingerprint density at radius 2 is 2.19 bits per heavy atom. The topological polar surface area (TPSA) is 92.2 Å². The Morgan fingerprint density at radius 3 is 2.62 bits per heavy atom. The molecule has 0 amide bonds. The van der Waals surface area contributed by atoms with Crippen molar-refractivity contribution >= 4 is 5.69 Å². The van der Waals surface area contributed by atoms with Crippen molar-refractivity contribution in [2.24, 2.45) is 0 Å². The van der Waals surface area contributed by atoms with E-state index in [9.17, 15) is 13.2 Å². The second kappa shape index (κ2) is 4.24. The molecule has 0 aliphatic rings. The number of nitrogens with zero attached hydrogens (tertiary/aromatic N) is 2. The number of nitriles is 1. The lowest BCUT2D eigenvalue weighted by atomic mass is 10.2. The normalized spacial score (nSPS) is 10.9. The number of alkyl halides is 3. The van der Waals surface area contributed by atoms with Crippen molar-refractivity contribution in [1.82, 2.24) is 4.98 Å². The third kappa shape index (κ3) is 2.74. The SMILES string of the molecule is N#Cc1nc(OC(F)(F)F)c(N)cc1CO. The average Bonchev–Trinajstić information content (AvgIpc) is 2.18. The number of halogens is 3. The van der Waals surface area contributed by atoms with Gasteiger partial charge in [-0.05, 0) is 6.07 Å². The van der Waals surface area contributed by atoms with Crippen LogP contribution in [-0.4, -0.2) is 16.5 Å². The predicted octanol–water partition coefficient (Wildman–Crippen LogP) is 0.926. The van der Waals surface area contributed by atoms with E-state index in [0.29, 0.717) is 0 Å². The van der Waals surface area contributed by atoms with Gasteiger partial charge in [-0.15, -0.1) is 13.2 Å². The fraction of sp³-hybridized carbons (Fsp3) is 0.250. The highest BCUT2D eigenvalue weighted by atomic mass is 19.4. The first-order chi connectivity index (χ1) is 7.37. The molecule has 5 nitrogen and oxygen atoms in total. The lowest BCUT2D eigenvalue weighted by molar-refractivity contribution is -0.275. The summed E-state index contributed by atoms with van der Waals surface area (Å²) in [5.74, 6) is -0.902. The molecule has 0 saturated heterocycles. The molecule has 0 bridgehead atoms. The van der Waals surface area contributed by atoms with Crippen LogP contribution in [0.2, 0.25) is 0 Å². The van der Waals surface area contributed by atoms with Crippen LogP contribution in [0, 0.1) is 11.3 Å². The van der Waals surface area contributed by atoms with Crippen molar-refractivity contribution in [1.29, 1.82) is 5.26 Å². The molecule has 0 unspecified atom stereocenters. The van der Waals surface area contributed by atoms with E-state index < -0.39 is 24.5 Å². The molecule has 8 heteroatoms. The van der Waals surface area contributed by atoms with Gasteiger partial charge in [-0.2, -0.15) is 5.26 Å². The van der Waals surface area contributed by atoms with Crippen LogP contribution in [0.1, 0.15) is 11.3 Å². The van der Waals surface area contributed by atoms with E-state index in [1.807, 2.05) is 0 Å². The van der Waals surface area contributed by atoms with Gasteiger partial charge in [0.15, 0.2) is 0 Å². The molecule has 0 aromatic carbocycles. The fourth-order valence-electron chi connectivity index (χ4n) is 0.964. The van der Waals surface area contributed by atoms with E-state index in [-0.39, 0.29) is 11.3 Å². The third-order valence-electron chi connectivity index (χ3n) is 1.58. The summed E-state index contributed by atoms with van der Waals surface area (Å²) in [5, 5.41) is 17.3. The molecule has 1 aromatic rings. The van der Waals surface area contributed by atoms with E-state index in [2.05, 4.69) is 9.72 Å². The maximum absolute atomic E-state index is 11.9. The smallest absolute Gasteiger partial charge is 0.394 e. The van der Waals surface area contributed by atoms with Crippen molar-refractivity contribution in [3.63, 3.8) is 0 Å². The first-order valence-electron chi connectivity index (χ1n) is 3.93. The number of nitrogen functional groups attached to an aromatic ring is 1. The molecule has 0 spiro atoms. The highest BCUT2D eigenvalue weighted by Gasteiger charge is 2.33. The molecule has 16 heavy (non-hydrogen) atoms. The van der Waals surface area contributed by atoms with Crippen LogP contribution in [0.5, 0.6) is 5.88 Å². The Bertz CT molecular complexity index is 439. The standard InChI is InChI=1S/C8H6F3N3O2/c9-8(10,11)16-7-5(13)1-4(3-15)6(2-12)14-7/h1,15H,3,13H2. The number of nitrogens with two attached hydrogens (primary N) is 1. The molecule has 0 aliphatic carbocycles. The summed E-state index contributed by atoms with van der Waals surface area (Å²) in [6.45, 7) is -0.549. The highest BCUT2D eigenvalue weighted by Crippen LogP contribution is 2.27. The van der Waals surface area contributed by atoms with Gasteiger partial charge in [0.1, 0.15) is 11.8 Å². The number of hydrogen-bond donors (Lipinski definition) is 2. The van der Waals surface area contributed by atoms with Gasteiger partial charge in [0, 0.05) is 5.56 Å². The number of aliphatic hydroxyl groups excluding tert-OH is 1. The molecule has 1 aromatic heterocycles. The minimum absolute atomic E-state index is 0.0366. The van der Waals surface area contributed by atoms with Gasteiger partial charge < -0.3 is 15.6 Å². The number of aliphatic hydroxyl groups is 1. The monoisotopic (exact) mass is 233 g/mol. The van der Waals surface area contributed by atoms with Crippen LogP contribution in [0.3, 0.4) is 0 Å². The quantitative estimate of drug-likeness (QED) is 0.792. The maximum Gasteiger partial charge on any atom is 0.574 e. The van der Waals surface area contributed by atoms with E-state index in [4.69, 9.17) is 16.1 Å². The number of rotatable bonds is 2. The molecule has 1 rings (SSSR count). The Morgan fingerprint density at radius 1 is 1.56 bits per heavy atom. The first kappa shape index (κ1) is 12.1. The Labute approximate surface area is 87.9 Å². The van der Waals surface area contributed by atoms with Crippen molar-refractivity contribution in [3.8, 4) is 11.9 Å². The Kier molecular flexibility index (Phi) is 3.20. The summed E-state index contributed by atoms with van der Waals surface area (Å²) in [7, 11) is 0. The number of ether oxygens (including phenoxy) is 1. The molecule has 0 saturated carbocycles. The van der Waals surface area contributed by atoms with E-state index in [0.717, 1.165) is 6.07 Å². The molecule has 0 radical (unpaired) electrons. The molecule has 0 fully saturated rings. The summed E-state index contributed by atoms with van der Waals surface area (Å²) >= 11 is 0. The average molecular weight is 233 g/mol. The van der Waals surface area contributed by atoms with Crippen molar-refractivity contribution < 1.29 is 23.0 Å². The molecular formula is C8H6F3N3O2. The van der Waals surface area contributed by atoms with Gasteiger partial charge >= 0.3 is 6.36 Å². The van der Waals surface area contributed by atoms with E-state index in [1.165, 1.54) is 6.07 Å². The number of anilines is 1. The van der Waals surface area contributed by atoms with Gasteiger partial charge in [0.25, 0.3) is 0 Å². The van der Waals surface area contributed by atoms with Crippen LogP contribution in [0.25, 0.3) is 0 Å². The van der Waals surface area contributed by atoms with E-state index >= 15 is 0 Å². The minimum Gasteiger partial charge on any atom is -0.394 e. The van der Waals surface area contributed by atoms with Crippen LogP contribution >= 0.6 is 0 Å². The molecule has 86 valence electrons. The van der Waals surface area contributed by atoms with Crippen molar-refractivity contribution in [2.45, 2.75) is 13.0 Å². The van der Waals surface area contributed by atoms with Gasteiger partial charge in [0.2, 0.25) is 5.88 Å². The van der Waals surface area contributed by atoms with Gasteiger partial charge in [-0.1, -0.05) is 0 Å². The number of aromatic nitrogens is 1. The molecule has 0 aliphatic heterocycles. The van der Waals surface area contributed by atoms with Gasteiger partial charge in [-0.3, -0.25) is 0 Å². The zero-order valence-corrected chi connectivity index (χ0v) is 7.75. The second-order valence-electron chi connectivity index (χ2n) is 2.71. The lowest BCUT2D eigenvalue weighted by Gasteiger charge is -2.11. The van der Waals surface area contributed by atoms with Gasteiger partial charge in [0.05, 0.1) is 12.3 Å². The summed E-state index contributed by atoms with van der Waals surface area (Å²) in [5.41, 5.74) is 4.49. The first-order valence-corrected chi connectivity index (χ1v) is 3.93. The fourth-order valence-corrected chi connectivity index (χ4v) is 0.964. The highest BCUT2D eigenvalue weighted by molar-refractivity contribution is 5.53. The summed E-state index contributed by atoms with van der Waals surface area (Å²) in [4.78, 5) is 3.26. The molecular weight excluding hydrogens is 227 g/mol. The van der Waals surface area contributed by atoms with Crippen LogP contribution in [-0.2, 0) is 6.61 Å². The minimum atomic E-state index is -4.94. The van der Waals surface area contributed by atoms with E-state index in [1.54, 1.807) is 0 Å². The molecule has 0 atom stereocenters. The van der Waals surface area contributed by atoms with Crippen molar-refractivity contribution in [3.05, 3.63) is 17.3 Å². The Balaban J connectivity index is 3.18. The van der Waals surface area contributed by atoms with Crippen LogP contribution in [0.4, 0.5) is 18.9 Å². The zero-order valence-electron chi connectivity index (χ0n) is 7.75.